The molecule has 0 atom stereocenters. The van der Waals surface area contributed by atoms with Crippen molar-refractivity contribution in [2.75, 3.05) is 29.9 Å². The maximum Gasteiger partial charge on any atom is 0.333 e. The number of anilines is 2. The summed E-state index contributed by atoms with van der Waals surface area (Å²) in [6.45, 7) is 4.56. The van der Waals surface area contributed by atoms with Crippen LogP contribution in [0.15, 0.2) is 24.3 Å². The summed E-state index contributed by atoms with van der Waals surface area (Å²) in [5.74, 6) is 0.861. The highest BCUT2D eigenvalue weighted by Gasteiger charge is 2.25. The van der Waals surface area contributed by atoms with Gasteiger partial charge in [0.05, 0.1) is 4.92 Å². The van der Waals surface area contributed by atoms with Gasteiger partial charge in [0, 0.05) is 39.0 Å². The first-order valence-electron chi connectivity index (χ1n) is 9.42. The Labute approximate surface area is 158 Å². The number of nitrogens with one attached hydrogen (secondary N) is 1. The lowest BCUT2D eigenvalue weighted by atomic mass is 9.97. The third-order valence-corrected chi connectivity index (χ3v) is 5.24. The zero-order valence-electron chi connectivity index (χ0n) is 15.9. The van der Waals surface area contributed by atoms with E-state index in [4.69, 9.17) is 0 Å². The van der Waals surface area contributed by atoms with E-state index < -0.39 is 0 Å². The van der Waals surface area contributed by atoms with Gasteiger partial charge in [0.2, 0.25) is 5.82 Å². The Morgan fingerprint density at radius 3 is 2.52 bits per heavy atom. The quantitative estimate of drug-likeness (QED) is 0.572. The molecule has 0 bridgehead atoms. The highest BCUT2D eigenvalue weighted by atomic mass is 16.6. The minimum Gasteiger partial charge on any atom is -0.396 e. The number of aromatic nitrogens is 2. The summed E-state index contributed by atoms with van der Waals surface area (Å²) in [5.41, 5.74) is 2.78. The van der Waals surface area contributed by atoms with Crippen molar-refractivity contribution < 1.29 is 10.0 Å². The fraction of sp³-hybridized carbons (Fsp3) is 0.526. The Kier molecular flexibility index (Phi) is 5.95. The van der Waals surface area contributed by atoms with Gasteiger partial charge in [-0.05, 0) is 42.9 Å². The van der Waals surface area contributed by atoms with Gasteiger partial charge in [-0.15, -0.1) is 0 Å². The number of piperidine rings is 1. The van der Waals surface area contributed by atoms with Crippen LogP contribution >= 0.6 is 0 Å². The molecule has 2 N–H and O–H groups in total. The van der Waals surface area contributed by atoms with Crippen LogP contribution in [0.1, 0.15) is 31.0 Å². The van der Waals surface area contributed by atoms with Crippen LogP contribution in [-0.4, -0.2) is 39.5 Å². The highest BCUT2D eigenvalue weighted by molar-refractivity contribution is 5.60. The van der Waals surface area contributed by atoms with Gasteiger partial charge in [0.15, 0.2) is 0 Å². The highest BCUT2D eigenvalue weighted by Crippen LogP contribution is 2.29. The fourth-order valence-electron chi connectivity index (χ4n) is 3.58. The standard InChI is InChI=1S/C19H27N5O3/c1-3-17-18(24(26)27)19(22(2)21-17)20-12-14-4-6-16(7-5-14)23-10-8-15(13-25)9-11-23/h4-7,15,20,25H,3,8-13H2,1-2H3. The Morgan fingerprint density at radius 2 is 1.96 bits per heavy atom. The van der Waals surface area contributed by atoms with Crippen molar-refractivity contribution in [3.63, 3.8) is 0 Å². The molecule has 0 saturated carbocycles. The zero-order chi connectivity index (χ0) is 19.4. The zero-order valence-corrected chi connectivity index (χ0v) is 15.9. The number of aliphatic hydroxyl groups excluding tert-OH is 1. The lowest BCUT2D eigenvalue weighted by Gasteiger charge is -2.33. The van der Waals surface area contributed by atoms with Crippen molar-refractivity contribution in [1.29, 1.82) is 0 Å². The number of rotatable bonds is 7. The molecule has 27 heavy (non-hydrogen) atoms. The molecule has 1 fully saturated rings. The molecule has 0 aliphatic carbocycles. The van der Waals surface area contributed by atoms with Gasteiger partial charge in [-0.2, -0.15) is 5.10 Å². The molecule has 8 heteroatoms. The van der Waals surface area contributed by atoms with Crippen LogP contribution in [0.2, 0.25) is 0 Å². The third kappa shape index (κ3) is 4.21. The minimum absolute atomic E-state index is 0.0587. The predicted molar refractivity (Wildman–Crippen MR) is 105 cm³/mol. The number of aryl methyl sites for hydroxylation is 2. The molecule has 1 aliphatic rings. The monoisotopic (exact) mass is 373 g/mol. The van der Waals surface area contributed by atoms with E-state index in [1.165, 1.54) is 10.4 Å². The van der Waals surface area contributed by atoms with E-state index in [0.29, 0.717) is 30.4 Å². The van der Waals surface area contributed by atoms with Crippen LogP contribution in [0.4, 0.5) is 17.2 Å². The Hall–Kier alpha value is -2.61. The number of hydrogen-bond donors (Lipinski definition) is 2. The van der Waals surface area contributed by atoms with Crippen molar-refractivity contribution in [2.45, 2.75) is 32.7 Å². The molecule has 0 unspecified atom stereocenters. The molecule has 1 saturated heterocycles. The average molecular weight is 373 g/mol. The van der Waals surface area contributed by atoms with Gasteiger partial charge in [0.25, 0.3) is 0 Å². The van der Waals surface area contributed by atoms with E-state index in [-0.39, 0.29) is 17.2 Å². The number of nitrogens with zero attached hydrogens (tertiary/aromatic N) is 4. The van der Waals surface area contributed by atoms with Gasteiger partial charge in [-0.1, -0.05) is 19.1 Å². The second-order valence-electron chi connectivity index (χ2n) is 7.01. The van der Waals surface area contributed by atoms with E-state index in [1.807, 2.05) is 19.1 Å². The summed E-state index contributed by atoms with van der Waals surface area (Å²) in [6, 6.07) is 8.27. The largest absolute Gasteiger partial charge is 0.396 e. The molecule has 146 valence electrons. The van der Waals surface area contributed by atoms with E-state index in [9.17, 15) is 15.2 Å². The number of hydrogen-bond acceptors (Lipinski definition) is 6. The molecule has 0 spiro atoms. The summed E-state index contributed by atoms with van der Waals surface area (Å²) in [4.78, 5) is 13.4. The van der Waals surface area contributed by atoms with E-state index in [2.05, 4.69) is 27.4 Å². The SMILES string of the molecule is CCc1nn(C)c(NCc2ccc(N3CCC(CO)CC3)cc2)c1[N+](=O)[O-]. The first kappa shape index (κ1) is 19.2. The lowest BCUT2D eigenvalue weighted by Crippen LogP contribution is -2.34. The van der Waals surface area contributed by atoms with E-state index in [0.717, 1.165) is 31.5 Å². The Balaban J connectivity index is 1.65. The van der Waals surface area contributed by atoms with Gasteiger partial charge in [-0.3, -0.25) is 10.1 Å². The number of nitro groups is 1. The van der Waals surface area contributed by atoms with Gasteiger partial charge < -0.3 is 15.3 Å². The summed E-state index contributed by atoms with van der Waals surface area (Å²) in [7, 11) is 1.72. The second-order valence-corrected chi connectivity index (χ2v) is 7.01. The van der Waals surface area contributed by atoms with Crippen molar-refractivity contribution >= 4 is 17.2 Å². The number of aliphatic hydroxyl groups is 1. The molecule has 3 rings (SSSR count). The molecular formula is C19H27N5O3. The van der Waals surface area contributed by atoms with E-state index >= 15 is 0 Å². The summed E-state index contributed by atoms with van der Waals surface area (Å²) in [5, 5.41) is 28.0. The topological polar surface area (TPSA) is 96.5 Å². The molecule has 8 nitrogen and oxygen atoms in total. The first-order valence-corrected chi connectivity index (χ1v) is 9.42. The maximum absolute atomic E-state index is 11.4. The van der Waals surface area contributed by atoms with Crippen LogP contribution in [0, 0.1) is 16.0 Å². The first-order chi connectivity index (χ1) is 13.0. The Bertz CT molecular complexity index is 779. The fourth-order valence-corrected chi connectivity index (χ4v) is 3.58. The predicted octanol–water partition coefficient (Wildman–Crippen LogP) is 2.71. The molecule has 0 radical (unpaired) electrons. The molecule has 1 aliphatic heterocycles. The maximum atomic E-state index is 11.4. The number of benzene rings is 1. The molecular weight excluding hydrogens is 346 g/mol. The minimum atomic E-state index is -0.368. The van der Waals surface area contributed by atoms with Gasteiger partial charge in [-0.25, -0.2) is 4.68 Å². The molecule has 2 heterocycles. The van der Waals surface area contributed by atoms with Crippen LogP contribution < -0.4 is 10.2 Å². The van der Waals surface area contributed by atoms with Crippen molar-refractivity contribution in [3.05, 3.63) is 45.6 Å². The van der Waals surface area contributed by atoms with Crippen LogP contribution in [0.3, 0.4) is 0 Å². The molecule has 1 aromatic heterocycles. The summed E-state index contributed by atoms with van der Waals surface area (Å²) < 4.78 is 1.54. The molecule has 2 aromatic rings. The smallest absolute Gasteiger partial charge is 0.333 e. The summed E-state index contributed by atoms with van der Waals surface area (Å²) >= 11 is 0. The lowest BCUT2D eigenvalue weighted by molar-refractivity contribution is -0.384. The van der Waals surface area contributed by atoms with Gasteiger partial charge in [0.1, 0.15) is 5.69 Å². The average Bonchev–Trinajstić information content (AvgIpc) is 3.02. The molecule has 0 amide bonds. The summed E-state index contributed by atoms with van der Waals surface area (Å²) in [6.07, 6.45) is 2.56. The Morgan fingerprint density at radius 1 is 1.30 bits per heavy atom. The van der Waals surface area contributed by atoms with Crippen LogP contribution in [0.5, 0.6) is 0 Å². The van der Waals surface area contributed by atoms with Crippen LogP contribution in [-0.2, 0) is 20.0 Å². The second kappa shape index (κ2) is 8.39. The normalized spacial score (nSPS) is 15.1. The molecule has 1 aromatic carbocycles. The third-order valence-electron chi connectivity index (χ3n) is 5.24. The van der Waals surface area contributed by atoms with Crippen molar-refractivity contribution in [1.82, 2.24) is 9.78 Å². The van der Waals surface area contributed by atoms with Crippen LogP contribution in [0.25, 0.3) is 0 Å². The van der Waals surface area contributed by atoms with Crippen molar-refractivity contribution in [2.24, 2.45) is 13.0 Å². The van der Waals surface area contributed by atoms with Crippen molar-refractivity contribution in [3.8, 4) is 0 Å². The van der Waals surface area contributed by atoms with Gasteiger partial charge >= 0.3 is 5.69 Å². The van der Waals surface area contributed by atoms with E-state index in [1.54, 1.807) is 7.05 Å².